The highest BCUT2D eigenvalue weighted by Crippen LogP contribution is 2.31. The van der Waals surface area contributed by atoms with E-state index in [9.17, 15) is 0 Å². The monoisotopic (exact) mass is 257 g/mol. The fourth-order valence-electron chi connectivity index (χ4n) is 2.25. The van der Waals surface area contributed by atoms with Crippen molar-refractivity contribution in [1.29, 1.82) is 0 Å². The third-order valence-corrected chi connectivity index (χ3v) is 3.71. The number of nitrogens with two attached hydrogens (primary N) is 1. The third-order valence-electron chi connectivity index (χ3n) is 3.71. The van der Waals surface area contributed by atoms with Gasteiger partial charge in [-0.1, -0.05) is 12.1 Å². The molecule has 19 heavy (non-hydrogen) atoms. The Morgan fingerprint density at radius 3 is 2.84 bits per heavy atom. The van der Waals surface area contributed by atoms with Crippen molar-refractivity contribution in [3.05, 3.63) is 36.2 Å². The van der Waals surface area contributed by atoms with Crippen molar-refractivity contribution in [2.45, 2.75) is 12.5 Å². The Morgan fingerprint density at radius 2 is 2.21 bits per heavy atom. The molecule has 0 radical (unpaired) electrons. The van der Waals surface area contributed by atoms with Gasteiger partial charge >= 0.3 is 0 Å². The molecule has 98 valence electrons. The Hall–Kier alpha value is -2.44. The average molecular weight is 257 g/mol. The molecular formula is C12H15N7. The van der Waals surface area contributed by atoms with Gasteiger partial charge in [0.1, 0.15) is 6.33 Å². The maximum atomic E-state index is 5.86. The average Bonchev–Trinajstić information content (AvgIpc) is 3.05. The van der Waals surface area contributed by atoms with Crippen molar-refractivity contribution in [3.8, 4) is 5.69 Å². The number of hydrogen-bond acceptors (Lipinski definition) is 6. The summed E-state index contributed by atoms with van der Waals surface area (Å²) < 4.78 is 1.63. The van der Waals surface area contributed by atoms with E-state index in [4.69, 9.17) is 5.73 Å². The SMILES string of the molecule is CN1C(N)=NCC1(C)c1cccc(-n2cnnn2)c1. The largest absolute Gasteiger partial charge is 0.370 e. The normalized spacial score (nSPS) is 22.6. The van der Waals surface area contributed by atoms with Crippen LogP contribution in [0.1, 0.15) is 12.5 Å². The lowest BCUT2D eigenvalue weighted by molar-refractivity contribution is 0.267. The minimum Gasteiger partial charge on any atom is -0.370 e. The Morgan fingerprint density at radius 1 is 1.37 bits per heavy atom. The molecule has 1 aliphatic heterocycles. The second kappa shape index (κ2) is 4.04. The number of likely N-dealkylation sites (N-methyl/N-ethyl adjacent to an activating group) is 1. The smallest absolute Gasteiger partial charge is 0.191 e. The Bertz CT molecular complexity index is 619. The van der Waals surface area contributed by atoms with E-state index in [-0.39, 0.29) is 5.54 Å². The van der Waals surface area contributed by atoms with Crippen molar-refractivity contribution in [1.82, 2.24) is 25.1 Å². The van der Waals surface area contributed by atoms with E-state index in [0.29, 0.717) is 12.5 Å². The van der Waals surface area contributed by atoms with Crippen molar-refractivity contribution in [3.63, 3.8) is 0 Å². The Labute approximate surface area is 110 Å². The van der Waals surface area contributed by atoms with Crippen LogP contribution in [0, 0.1) is 0 Å². The fraction of sp³-hybridized carbons (Fsp3) is 0.333. The van der Waals surface area contributed by atoms with Gasteiger partial charge in [-0.25, -0.2) is 4.68 Å². The number of aliphatic imine (C=N–C) groups is 1. The Kier molecular flexibility index (Phi) is 2.48. The number of tetrazole rings is 1. The van der Waals surface area contributed by atoms with Gasteiger partial charge in [0.15, 0.2) is 5.96 Å². The molecule has 7 heteroatoms. The number of benzene rings is 1. The summed E-state index contributed by atoms with van der Waals surface area (Å²) in [4.78, 5) is 6.30. The van der Waals surface area contributed by atoms with Gasteiger partial charge in [0.2, 0.25) is 0 Å². The molecule has 0 bridgehead atoms. The molecule has 2 heterocycles. The molecule has 1 aromatic carbocycles. The molecule has 1 aliphatic rings. The van der Waals surface area contributed by atoms with E-state index in [1.165, 1.54) is 0 Å². The standard InChI is InChI=1S/C12H15N7/c1-12(7-14-11(13)18(12)2)9-4-3-5-10(6-9)19-8-15-16-17-19/h3-6,8H,7H2,1-2H3,(H2,13,14). The van der Waals surface area contributed by atoms with Crippen LogP contribution in [0.3, 0.4) is 0 Å². The van der Waals surface area contributed by atoms with Crippen LogP contribution < -0.4 is 5.73 Å². The first-order valence-electron chi connectivity index (χ1n) is 5.99. The van der Waals surface area contributed by atoms with Gasteiger partial charge in [-0.15, -0.1) is 5.10 Å². The van der Waals surface area contributed by atoms with E-state index >= 15 is 0 Å². The zero-order chi connectivity index (χ0) is 13.5. The summed E-state index contributed by atoms with van der Waals surface area (Å²) in [7, 11) is 1.95. The lowest BCUT2D eigenvalue weighted by atomic mass is 9.91. The predicted molar refractivity (Wildman–Crippen MR) is 70.8 cm³/mol. The summed E-state index contributed by atoms with van der Waals surface area (Å²) in [6.45, 7) is 2.77. The van der Waals surface area contributed by atoms with Gasteiger partial charge in [0.25, 0.3) is 0 Å². The molecule has 0 spiro atoms. The summed E-state index contributed by atoms with van der Waals surface area (Å²) >= 11 is 0. The minimum absolute atomic E-state index is 0.228. The molecule has 0 aliphatic carbocycles. The molecule has 3 rings (SSSR count). The molecule has 0 fully saturated rings. The number of rotatable bonds is 2. The third kappa shape index (κ3) is 1.74. The van der Waals surface area contributed by atoms with Gasteiger partial charge in [0.05, 0.1) is 17.8 Å². The van der Waals surface area contributed by atoms with E-state index in [1.807, 2.05) is 24.1 Å². The quantitative estimate of drug-likeness (QED) is 0.827. The van der Waals surface area contributed by atoms with E-state index in [0.717, 1.165) is 11.3 Å². The summed E-state index contributed by atoms with van der Waals surface area (Å²) in [5, 5.41) is 11.2. The molecule has 1 unspecified atom stereocenters. The predicted octanol–water partition coefficient (Wildman–Crippen LogP) is 0.138. The molecular weight excluding hydrogens is 242 g/mol. The summed E-state index contributed by atoms with van der Waals surface area (Å²) in [5.74, 6) is 0.565. The summed E-state index contributed by atoms with van der Waals surface area (Å²) in [6.07, 6.45) is 1.57. The van der Waals surface area contributed by atoms with Crippen LogP contribution in [0.4, 0.5) is 0 Å². The van der Waals surface area contributed by atoms with Crippen molar-refractivity contribution in [2.24, 2.45) is 10.7 Å². The van der Waals surface area contributed by atoms with Gasteiger partial charge in [-0.2, -0.15) is 0 Å². The minimum atomic E-state index is -0.228. The first-order valence-corrected chi connectivity index (χ1v) is 5.99. The number of hydrogen-bond donors (Lipinski definition) is 1. The van der Waals surface area contributed by atoms with E-state index < -0.39 is 0 Å². The lowest BCUT2D eigenvalue weighted by Crippen LogP contribution is -2.44. The molecule has 0 amide bonds. The van der Waals surface area contributed by atoms with Crippen molar-refractivity contribution in [2.75, 3.05) is 13.6 Å². The fourth-order valence-corrected chi connectivity index (χ4v) is 2.25. The second-order valence-electron chi connectivity index (χ2n) is 4.81. The molecule has 1 atom stereocenters. The van der Waals surface area contributed by atoms with Crippen LogP contribution in [0.5, 0.6) is 0 Å². The van der Waals surface area contributed by atoms with Crippen LogP contribution in [-0.4, -0.2) is 44.7 Å². The first kappa shape index (κ1) is 11.6. The van der Waals surface area contributed by atoms with E-state index in [1.54, 1.807) is 11.0 Å². The molecule has 0 saturated carbocycles. The van der Waals surface area contributed by atoms with Gasteiger partial charge < -0.3 is 10.6 Å². The summed E-state index contributed by atoms with van der Waals surface area (Å²) in [5.41, 5.74) is 7.68. The van der Waals surface area contributed by atoms with Crippen LogP contribution in [0.25, 0.3) is 5.69 Å². The van der Waals surface area contributed by atoms with Crippen molar-refractivity contribution < 1.29 is 0 Å². The second-order valence-corrected chi connectivity index (χ2v) is 4.81. The van der Waals surface area contributed by atoms with Gasteiger partial charge in [-0.3, -0.25) is 4.99 Å². The molecule has 7 nitrogen and oxygen atoms in total. The van der Waals surface area contributed by atoms with Crippen LogP contribution in [-0.2, 0) is 5.54 Å². The lowest BCUT2D eigenvalue weighted by Gasteiger charge is -2.33. The summed E-state index contributed by atoms with van der Waals surface area (Å²) in [6, 6.07) is 8.07. The van der Waals surface area contributed by atoms with Crippen LogP contribution in [0.15, 0.2) is 35.6 Å². The zero-order valence-corrected chi connectivity index (χ0v) is 10.9. The highest BCUT2D eigenvalue weighted by atomic mass is 15.5. The Balaban J connectivity index is 2.01. The highest BCUT2D eigenvalue weighted by Gasteiger charge is 2.37. The van der Waals surface area contributed by atoms with Crippen molar-refractivity contribution >= 4 is 5.96 Å². The number of nitrogens with zero attached hydrogens (tertiary/aromatic N) is 6. The number of guanidine groups is 1. The molecule has 2 N–H and O–H groups in total. The molecule has 2 aromatic rings. The highest BCUT2D eigenvalue weighted by molar-refractivity contribution is 5.81. The van der Waals surface area contributed by atoms with Crippen LogP contribution in [0.2, 0.25) is 0 Å². The van der Waals surface area contributed by atoms with Gasteiger partial charge in [0, 0.05) is 7.05 Å². The molecule has 1 aromatic heterocycles. The topological polar surface area (TPSA) is 85.2 Å². The first-order chi connectivity index (χ1) is 9.11. The maximum Gasteiger partial charge on any atom is 0.191 e. The molecule has 0 saturated heterocycles. The van der Waals surface area contributed by atoms with Gasteiger partial charge in [-0.05, 0) is 35.0 Å². The zero-order valence-electron chi connectivity index (χ0n) is 10.9. The van der Waals surface area contributed by atoms with E-state index in [2.05, 4.69) is 39.6 Å². The maximum absolute atomic E-state index is 5.86. The number of aromatic nitrogens is 4. The van der Waals surface area contributed by atoms with Crippen LogP contribution >= 0.6 is 0 Å².